The maximum absolute atomic E-state index is 11.6. The maximum atomic E-state index is 11.6. The van der Waals surface area contributed by atoms with Crippen LogP contribution in [0.2, 0.25) is 10.0 Å². The van der Waals surface area contributed by atoms with E-state index in [1.165, 1.54) is 0 Å². The van der Waals surface area contributed by atoms with Crippen LogP contribution in [0.3, 0.4) is 0 Å². The minimum Gasteiger partial charge on any atom is -0.482 e. The second-order valence-electron chi connectivity index (χ2n) is 3.81. The van der Waals surface area contributed by atoms with Crippen molar-refractivity contribution in [3.8, 4) is 5.75 Å². The molecule has 1 heterocycles. The Kier molecular flexibility index (Phi) is 4.29. The fourth-order valence-electron chi connectivity index (χ4n) is 1.42. The predicted molar refractivity (Wildman–Crippen MR) is 73.8 cm³/mol. The van der Waals surface area contributed by atoms with Crippen LogP contribution in [0.1, 0.15) is 0 Å². The fourth-order valence-corrected chi connectivity index (χ4v) is 1.88. The van der Waals surface area contributed by atoms with Crippen LogP contribution in [0.5, 0.6) is 5.75 Å². The van der Waals surface area contributed by atoms with Crippen molar-refractivity contribution in [3.05, 3.63) is 40.6 Å². The number of carbonyl (C=O) groups excluding carboxylic acids is 1. The molecule has 0 aliphatic heterocycles. The molecule has 0 aliphatic carbocycles. The number of aryl methyl sites for hydroxylation is 1. The average molecular weight is 300 g/mol. The Labute approximate surface area is 120 Å². The van der Waals surface area contributed by atoms with E-state index >= 15 is 0 Å². The van der Waals surface area contributed by atoms with Gasteiger partial charge in [0.2, 0.25) is 0 Å². The summed E-state index contributed by atoms with van der Waals surface area (Å²) >= 11 is 11.7. The van der Waals surface area contributed by atoms with Crippen molar-refractivity contribution in [1.82, 2.24) is 9.78 Å². The highest BCUT2D eigenvalue weighted by Crippen LogP contribution is 2.27. The molecule has 1 aromatic carbocycles. The van der Waals surface area contributed by atoms with Crippen molar-refractivity contribution >= 4 is 34.8 Å². The first-order valence-corrected chi connectivity index (χ1v) is 6.16. The predicted octanol–water partition coefficient (Wildman–Crippen LogP) is 2.74. The molecule has 0 bridgehead atoms. The Morgan fingerprint density at radius 3 is 2.89 bits per heavy atom. The number of amides is 1. The third kappa shape index (κ3) is 3.87. The Morgan fingerprint density at radius 2 is 2.26 bits per heavy atom. The number of hydrogen-bond donors (Lipinski definition) is 1. The second-order valence-corrected chi connectivity index (χ2v) is 4.66. The lowest BCUT2D eigenvalue weighted by atomic mass is 10.3. The SMILES string of the molecule is Cn1cc(NC(=O)COc2ccc(Cl)cc2Cl)cn1. The smallest absolute Gasteiger partial charge is 0.262 e. The van der Waals surface area contributed by atoms with Crippen LogP contribution in [0.25, 0.3) is 0 Å². The molecule has 0 atom stereocenters. The molecule has 0 aliphatic rings. The summed E-state index contributed by atoms with van der Waals surface area (Å²) in [4.78, 5) is 11.6. The number of hydrogen-bond acceptors (Lipinski definition) is 3. The van der Waals surface area contributed by atoms with Crippen molar-refractivity contribution < 1.29 is 9.53 Å². The summed E-state index contributed by atoms with van der Waals surface area (Å²) in [5.41, 5.74) is 0.610. The number of ether oxygens (including phenoxy) is 1. The highest BCUT2D eigenvalue weighted by molar-refractivity contribution is 6.35. The van der Waals surface area contributed by atoms with E-state index < -0.39 is 0 Å². The van der Waals surface area contributed by atoms with Crippen LogP contribution in [-0.2, 0) is 11.8 Å². The molecule has 2 aromatic rings. The quantitative estimate of drug-likeness (QED) is 0.944. The van der Waals surface area contributed by atoms with Gasteiger partial charge in [-0.15, -0.1) is 0 Å². The first-order chi connectivity index (χ1) is 9.04. The van der Waals surface area contributed by atoms with Crippen molar-refractivity contribution in [2.24, 2.45) is 7.05 Å². The Morgan fingerprint density at radius 1 is 1.47 bits per heavy atom. The molecule has 0 radical (unpaired) electrons. The summed E-state index contributed by atoms with van der Waals surface area (Å²) in [6.45, 7) is -0.143. The van der Waals surface area contributed by atoms with E-state index in [9.17, 15) is 4.79 Å². The summed E-state index contributed by atoms with van der Waals surface area (Å²) in [6, 6.07) is 4.81. The Bertz CT molecular complexity index is 598. The van der Waals surface area contributed by atoms with Gasteiger partial charge in [-0.2, -0.15) is 5.10 Å². The molecular formula is C12H11Cl2N3O2. The van der Waals surface area contributed by atoms with Crippen molar-refractivity contribution in [1.29, 1.82) is 0 Å². The first-order valence-electron chi connectivity index (χ1n) is 5.41. The lowest BCUT2D eigenvalue weighted by molar-refractivity contribution is -0.118. The van der Waals surface area contributed by atoms with Crippen molar-refractivity contribution in [2.75, 3.05) is 11.9 Å². The standard InChI is InChI=1S/C12H11Cl2N3O2/c1-17-6-9(5-15-17)16-12(18)7-19-11-3-2-8(13)4-10(11)14/h2-6H,7H2,1H3,(H,16,18). The molecule has 7 heteroatoms. The summed E-state index contributed by atoms with van der Waals surface area (Å²) in [5.74, 6) is 0.117. The number of aromatic nitrogens is 2. The highest BCUT2D eigenvalue weighted by atomic mass is 35.5. The molecule has 1 amide bonds. The van der Waals surface area contributed by atoms with Gasteiger partial charge < -0.3 is 10.1 Å². The van der Waals surface area contributed by atoms with Crippen molar-refractivity contribution in [3.63, 3.8) is 0 Å². The minimum absolute atomic E-state index is 0.143. The van der Waals surface area contributed by atoms with Gasteiger partial charge >= 0.3 is 0 Å². The third-order valence-corrected chi connectivity index (χ3v) is 2.77. The highest BCUT2D eigenvalue weighted by Gasteiger charge is 2.07. The molecule has 0 unspecified atom stereocenters. The van der Waals surface area contributed by atoms with Crippen LogP contribution < -0.4 is 10.1 Å². The van der Waals surface area contributed by atoms with Gasteiger partial charge in [0.25, 0.3) is 5.91 Å². The Hall–Kier alpha value is -1.72. The van der Waals surface area contributed by atoms with Gasteiger partial charge in [-0.3, -0.25) is 9.48 Å². The van der Waals surface area contributed by atoms with Gasteiger partial charge in [0, 0.05) is 18.3 Å². The van der Waals surface area contributed by atoms with Gasteiger partial charge in [0.1, 0.15) is 5.75 Å². The number of nitrogens with zero attached hydrogens (tertiary/aromatic N) is 2. The normalized spacial score (nSPS) is 10.3. The van der Waals surface area contributed by atoms with Crippen LogP contribution in [0, 0.1) is 0 Å². The zero-order valence-electron chi connectivity index (χ0n) is 10.1. The monoisotopic (exact) mass is 299 g/mol. The summed E-state index contributed by atoms with van der Waals surface area (Å²) in [6.07, 6.45) is 3.24. The molecule has 0 saturated carbocycles. The van der Waals surface area contributed by atoms with Gasteiger partial charge in [-0.25, -0.2) is 0 Å². The summed E-state index contributed by atoms with van der Waals surface area (Å²) < 4.78 is 6.89. The number of anilines is 1. The van der Waals surface area contributed by atoms with Crippen LogP contribution in [-0.4, -0.2) is 22.3 Å². The number of carbonyl (C=O) groups is 1. The molecule has 2 rings (SSSR count). The van der Waals surface area contributed by atoms with E-state index in [-0.39, 0.29) is 12.5 Å². The number of rotatable bonds is 4. The molecule has 19 heavy (non-hydrogen) atoms. The van der Waals surface area contributed by atoms with Gasteiger partial charge in [0.05, 0.1) is 16.9 Å². The molecule has 5 nitrogen and oxygen atoms in total. The van der Waals surface area contributed by atoms with E-state index in [1.807, 2.05) is 0 Å². The lowest BCUT2D eigenvalue weighted by Gasteiger charge is -2.07. The van der Waals surface area contributed by atoms with Gasteiger partial charge in [-0.05, 0) is 18.2 Å². The zero-order valence-corrected chi connectivity index (χ0v) is 11.6. The molecule has 0 fully saturated rings. The number of benzene rings is 1. The van der Waals surface area contributed by atoms with Gasteiger partial charge in [-0.1, -0.05) is 23.2 Å². The zero-order chi connectivity index (χ0) is 13.8. The van der Waals surface area contributed by atoms with Crippen LogP contribution in [0.15, 0.2) is 30.6 Å². The topological polar surface area (TPSA) is 56.2 Å². The number of nitrogens with one attached hydrogen (secondary N) is 1. The van der Waals surface area contributed by atoms with Crippen molar-refractivity contribution in [2.45, 2.75) is 0 Å². The first kappa shape index (κ1) is 13.7. The van der Waals surface area contributed by atoms with E-state index in [4.69, 9.17) is 27.9 Å². The molecule has 1 N–H and O–H groups in total. The Balaban J connectivity index is 1.89. The molecular weight excluding hydrogens is 289 g/mol. The fraction of sp³-hybridized carbons (Fsp3) is 0.167. The lowest BCUT2D eigenvalue weighted by Crippen LogP contribution is -2.19. The van der Waals surface area contributed by atoms with E-state index in [1.54, 1.807) is 42.3 Å². The molecule has 1 aromatic heterocycles. The third-order valence-electron chi connectivity index (χ3n) is 2.24. The molecule has 0 spiro atoms. The molecule has 100 valence electrons. The van der Waals surface area contributed by atoms with Crippen LogP contribution >= 0.6 is 23.2 Å². The van der Waals surface area contributed by atoms with Crippen LogP contribution in [0.4, 0.5) is 5.69 Å². The largest absolute Gasteiger partial charge is 0.482 e. The average Bonchev–Trinajstić information content (AvgIpc) is 2.73. The minimum atomic E-state index is -0.293. The maximum Gasteiger partial charge on any atom is 0.262 e. The van der Waals surface area contributed by atoms with E-state index in [2.05, 4.69) is 10.4 Å². The van der Waals surface area contributed by atoms with E-state index in [0.717, 1.165) is 0 Å². The van der Waals surface area contributed by atoms with E-state index in [0.29, 0.717) is 21.5 Å². The summed E-state index contributed by atoms with van der Waals surface area (Å²) in [7, 11) is 1.76. The second kappa shape index (κ2) is 5.95. The van der Waals surface area contributed by atoms with Gasteiger partial charge in [0.15, 0.2) is 6.61 Å². The summed E-state index contributed by atoms with van der Waals surface area (Å²) in [5, 5.41) is 7.46. The molecule has 0 saturated heterocycles. The number of halogens is 2.